The Bertz CT molecular complexity index is 817. The number of ether oxygens (including phenoxy) is 1. The molecule has 4 heteroatoms. The maximum Gasteiger partial charge on any atom is 0.252 e. The summed E-state index contributed by atoms with van der Waals surface area (Å²) in [6.45, 7) is 1.67. The quantitative estimate of drug-likeness (QED) is 0.704. The summed E-state index contributed by atoms with van der Waals surface area (Å²) in [6.07, 6.45) is 1.41. The average Bonchev–Trinajstić information content (AvgIpc) is 3.31. The number of para-hydroxylation sites is 1. The first-order valence-corrected chi connectivity index (χ1v) is 8.71. The van der Waals surface area contributed by atoms with Crippen molar-refractivity contribution in [2.45, 2.75) is 32.0 Å². The molecule has 0 aliphatic carbocycles. The molecule has 0 radical (unpaired) electrons. The van der Waals surface area contributed by atoms with Gasteiger partial charge in [-0.05, 0) is 30.5 Å². The number of carbonyl (C=O) groups excluding carboxylic acids is 1. The highest BCUT2D eigenvalue weighted by Crippen LogP contribution is 2.23. The Morgan fingerprint density at radius 1 is 1.04 bits per heavy atom. The van der Waals surface area contributed by atoms with E-state index in [2.05, 4.69) is 0 Å². The lowest BCUT2D eigenvalue weighted by molar-refractivity contribution is -0.142. The number of hydrogen-bond acceptors (Lipinski definition) is 3. The second-order valence-corrected chi connectivity index (χ2v) is 6.43. The predicted molar refractivity (Wildman–Crippen MR) is 95.9 cm³/mol. The van der Waals surface area contributed by atoms with Crippen LogP contribution >= 0.6 is 0 Å². The Kier molecular flexibility index (Phi) is 4.53. The standard InChI is InChI=1S/C21H21NO3/c23-21(20-11-6-12-24-20)22(14-16-7-2-1-3-8-16)15-18-13-17-9-4-5-10-19(17)25-18/h1-5,7-10,13,20H,6,11-12,14-15H2. The number of hydrogen-bond donors (Lipinski definition) is 0. The summed E-state index contributed by atoms with van der Waals surface area (Å²) in [4.78, 5) is 14.8. The number of rotatable bonds is 5. The van der Waals surface area contributed by atoms with E-state index in [0.29, 0.717) is 19.7 Å². The predicted octanol–water partition coefficient (Wildman–Crippen LogP) is 4.14. The van der Waals surface area contributed by atoms with Crippen LogP contribution in [-0.4, -0.2) is 23.5 Å². The first kappa shape index (κ1) is 15.9. The fraction of sp³-hybridized carbons (Fsp3) is 0.286. The zero-order valence-electron chi connectivity index (χ0n) is 14.1. The van der Waals surface area contributed by atoms with Gasteiger partial charge in [-0.1, -0.05) is 48.5 Å². The molecule has 1 fully saturated rings. The molecule has 3 aromatic rings. The lowest BCUT2D eigenvalue weighted by Gasteiger charge is -2.24. The van der Waals surface area contributed by atoms with Crippen LogP contribution < -0.4 is 0 Å². The van der Waals surface area contributed by atoms with Gasteiger partial charge >= 0.3 is 0 Å². The molecule has 128 valence electrons. The van der Waals surface area contributed by atoms with Gasteiger partial charge in [-0.2, -0.15) is 0 Å². The van der Waals surface area contributed by atoms with Gasteiger partial charge in [0.2, 0.25) is 0 Å². The summed E-state index contributed by atoms with van der Waals surface area (Å²) in [5.74, 6) is 0.838. The SMILES string of the molecule is O=C(C1CCCO1)N(Cc1ccccc1)Cc1cc2ccccc2o1. The summed E-state index contributed by atoms with van der Waals surface area (Å²) in [6, 6.07) is 20.0. The average molecular weight is 335 g/mol. The first-order valence-electron chi connectivity index (χ1n) is 8.71. The lowest BCUT2D eigenvalue weighted by Crippen LogP contribution is -2.38. The van der Waals surface area contributed by atoms with Crippen LogP contribution in [0.1, 0.15) is 24.2 Å². The minimum Gasteiger partial charge on any atom is -0.459 e. The Hall–Kier alpha value is -2.59. The number of carbonyl (C=O) groups is 1. The van der Waals surface area contributed by atoms with Crippen molar-refractivity contribution in [2.24, 2.45) is 0 Å². The van der Waals surface area contributed by atoms with Gasteiger partial charge in [-0.25, -0.2) is 0 Å². The maximum absolute atomic E-state index is 12.9. The van der Waals surface area contributed by atoms with Crippen LogP contribution in [0.5, 0.6) is 0 Å². The number of benzene rings is 2. The Morgan fingerprint density at radius 2 is 1.84 bits per heavy atom. The van der Waals surface area contributed by atoms with E-state index in [0.717, 1.165) is 35.1 Å². The second-order valence-electron chi connectivity index (χ2n) is 6.43. The van der Waals surface area contributed by atoms with E-state index in [1.54, 1.807) is 0 Å². The van der Waals surface area contributed by atoms with Crippen molar-refractivity contribution in [3.63, 3.8) is 0 Å². The van der Waals surface area contributed by atoms with Gasteiger partial charge in [0.15, 0.2) is 0 Å². The number of fused-ring (bicyclic) bond motifs is 1. The van der Waals surface area contributed by atoms with Crippen LogP contribution in [0.15, 0.2) is 65.1 Å². The zero-order valence-corrected chi connectivity index (χ0v) is 14.1. The molecule has 0 N–H and O–H groups in total. The van der Waals surface area contributed by atoms with E-state index in [1.807, 2.05) is 65.6 Å². The van der Waals surface area contributed by atoms with Crippen LogP contribution in [0, 0.1) is 0 Å². The highest BCUT2D eigenvalue weighted by molar-refractivity contribution is 5.81. The molecule has 2 heterocycles. The van der Waals surface area contributed by atoms with Crippen molar-refractivity contribution in [3.8, 4) is 0 Å². The van der Waals surface area contributed by atoms with Crippen molar-refractivity contribution in [1.82, 2.24) is 4.90 Å². The molecule has 1 atom stereocenters. The zero-order chi connectivity index (χ0) is 17.1. The summed E-state index contributed by atoms with van der Waals surface area (Å²) in [5, 5.41) is 1.06. The molecule has 1 unspecified atom stereocenters. The van der Waals surface area contributed by atoms with Crippen molar-refractivity contribution in [2.75, 3.05) is 6.61 Å². The smallest absolute Gasteiger partial charge is 0.252 e. The molecule has 4 rings (SSSR count). The summed E-state index contributed by atoms with van der Waals surface area (Å²) in [7, 11) is 0. The minimum absolute atomic E-state index is 0.0433. The molecule has 25 heavy (non-hydrogen) atoms. The number of furan rings is 1. The molecule has 1 aliphatic heterocycles. The summed E-state index contributed by atoms with van der Waals surface area (Å²) >= 11 is 0. The third-order valence-corrected chi connectivity index (χ3v) is 4.56. The van der Waals surface area contributed by atoms with E-state index in [9.17, 15) is 4.79 Å². The van der Waals surface area contributed by atoms with Gasteiger partial charge in [-0.15, -0.1) is 0 Å². The summed E-state index contributed by atoms with van der Waals surface area (Å²) < 4.78 is 11.5. The summed E-state index contributed by atoms with van der Waals surface area (Å²) in [5.41, 5.74) is 1.95. The van der Waals surface area contributed by atoms with Crippen LogP contribution in [0.25, 0.3) is 11.0 Å². The normalized spacial score (nSPS) is 17.0. The topological polar surface area (TPSA) is 42.7 Å². The fourth-order valence-electron chi connectivity index (χ4n) is 3.29. The number of nitrogens with zero attached hydrogens (tertiary/aromatic N) is 1. The van der Waals surface area contributed by atoms with Crippen LogP contribution in [-0.2, 0) is 22.6 Å². The van der Waals surface area contributed by atoms with Crippen molar-refractivity contribution >= 4 is 16.9 Å². The minimum atomic E-state index is -0.326. The largest absolute Gasteiger partial charge is 0.459 e. The molecule has 1 saturated heterocycles. The Balaban J connectivity index is 1.58. The van der Waals surface area contributed by atoms with Crippen LogP contribution in [0.3, 0.4) is 0 Å². The molecule has 1 aromatic heterocycles. The molecule has 0 bridgehead atoms. The Labute approximate surface area is 147 Å². The van der Waals surface area contributed by atoms with E-state index < -0.39 is 0 Å². The maximum atomic E-state index is 12.9. The van der Waals surface area contributed by atoms with Gasteiger partial charge in [0, 0.05) is 18.5 Å². The van der Waals surface area contributed by atoms with Crippen molar-refractivity contribution in [3.05, 3.63) is 72.0 Å². The molecular weight excluding hydrogens is 314 g/mol. The molecule has 0 spiro atoms. The molecular formula is C21H21NO3. The molecule has 1 amide bonds. The molecule has 0 saturated carbocycles. The molecule has 2 aromatic carbocycles. The highest BCUT2D eigenvalue weighted by atomic mass is 16.5. The monoisotopic (exact) mass is 335 g/mol. The van der Waals surface area contributed by atoms with Gasteiger partial charge in [0.05, 0.1) is 6.54 Å². The van der Waals surface area contributed by atoms with Gasteiger partial charge in [0.25, 0.3) is 5.91 Å². The van der Waals surface area contributed by atoms with Crippen LogP contribution in [0.2, 0.25) is 0 Å². The van der Waals surface area contributed by atoms with E-state index >= 15 is 0 Å². The molecule has 4 nitrogen and oxygen atoms in total. The third kappa shape index (κ3) is 3.59. The Morgan fingerprint density at radius 3 is 2.60 bits per heavy atom. The van der Waals surface area contributed by atoms with Crippen LogP contribution in [0.4, 0.5) is 0 Å². The van der Waals surface area contributed by atoms with Crippen molar-refractivity contribution in [1.29, 1.82) is 0 Å². The fourth-order valence-corrected chi connectivity index (χ4v) is 3.29. The van der Waals surface area contributed by atoms with Gasteiger partial charge in [-0.3, -0.25) is 4.79 Å². The lowest BCUT2D eigenvalue weighted by atomic mass is 10.1. The van der Waals surface area contributed by atoms with Crippen molar-refractivity contribution < 1.29 is 13.9 Å². The van der Waals surface area contributed by atoms with Gasteiger partial charge < -0.3 is 14.1 Å². The highest BCUT2D eigenvalue weighted by Gasteiger charge is 2.29. The second kappa shape index (κ2) is 7.11. The first-order chi connectivity index (χ1) is 12.3. The number of amides is 1. The van der Waals surface area contributed by atoms with E-state index in [-0.39, 0.29) is 12.0 Å². The van der Waals surface area contributed by atoms with E-state index in [4.69, 9.17) is 9.15 Å². The van der Waals surface area contributed by atoms with E-state index in [1.165, 1.54) is 0 Å². The molecule has 1 aliphatic rings. The van der Waals surface area contributed by atoms with Gasteiger partial charge in [0.1, 0.15) is 17.4 Å². The third-order valence-electron chi connectivity index (χ3n) is 4.56.